The van der Waals surface area contributed by atoms with Gasteiger partial charge in [-0.1, -0.05) is 35.9 Å². The van der Waals surface area contributed by atoms with Gasteiger partial charge < -0.3 is 28.4 Å². The lowest BCUT2D eigenvalue weighted by Gasteiger charge is -2.41. The van der Waals surface area contributed by atoms with Crippen LogP contribution in [0.25, 0.3) is 0 Å². The minimum atomic E-state index is -4.46. The second-order valence-electron chi connectivity index (χ2n) is 8.93. The van der Waals surface area contributed by atoms with E-state index in [1.807, 2.05) is 13.0 Å². The SMILES string of the molecule is COc1cc(OC)c(S(OS(=O)(=O)c2ccc(C)cc2)(c2ccccc2)c2c(OC)cc(OC)cc2OC)c(OC)c1. The molecule has 224 valence electrons. The van der Waals surface area contributed by atoms with E-state index in [4.69, 9.17) is 32.1 Å². The Morgan fingerprint density at radius 2 is 0.905 bits per heavy atom. The highest BCUT2D eigenvalue weighted by Gasteiger charge is 2.47. The van der Waals surface area contributed by atoms with Crippen LogP contribution in [0.3, 0.4) is 0 Å². The first kappa shape index (κ1) is 30.9. The minimum Gasteiger partial charge on any atom is -0.496 e. The third-order valence-corrected chi connectivity index (χ3v) is 11.8. The number of hydrogen-bond acceptors (Lipinski definition) is 9. The molecule has 0 aliphatic carbocycles. The van der Waals surface area contributed by atoms with E-state index in [-0.39, 0.29) is 27.9 Å². The van der Waals surface area contributed by atoms with Gasteiger partial charge in [-0.25, -0.2) is 3.63 Å². The van der Waals surface area contributed by atoms with Gasteiger partial charge in [-0.15, -0.1) is 0 Å². The smallest absolute Gasteiger partial charge is 0.307 e. The van der Waals surface area contributed by atoms with Crippen LogP contribution in [-0.4, -0.2) is 51.1 Å². The Kier molecular flexibility index (Phi) is 9.45. The van der Waals surface area contributed by atoms with Gasteiger partial charge in [0.2, 0.25) is 0 Å². The Bertz CT molecular complexity index is 1520. The van der Waals surface area contributed by atoms with Crippen LogP contribution in [0.1, 0.15) is 5.56 Å². The van der Waals surface area contributed by atoms with Gasteiger partial charge in [-0.3, -0.25) is 0 Å². The van der Waals surface area contributed by atoms with Crippen molar-refractivity contribution in [2.45, 2.75) is 26.5 Å². The van der Waals surface area contributed by atoms with Crippen LogP contribution in [0.4, 0.5) is 0 Å². The van der Waals surface area contributed by atoms with Crippen LogP contribution in [0.5, 0.6) is 34.5 Å². The molecule has 0 spiro atoms. The van der Waals surface area contributed by atoms with E-state index in [1.54, 1.807) is 60.7 Å². The first-order valence-electron chi connectivity index (χ1n) is 12.7. The molecular weight excluding hydrogens is 580 g/mol. The molecule has 9 nitrogen and oxygen atoms in total. The summed E-state index contributed by atoms with van der Waals surface area (Å²) in [4.78, 5) is 1.11. The Balaban J connectivity index is 2.28. The lowest BCUT2D eigenvalue weighted by molar-refractivity contribution is 0.354. The molecular formula is C31H34O9S2. The summed E-state index contributed by atoms with van der Waals surface area (Å²) in [5, 5.41) is 0. The fraction of sp³-hybridized carbons (Fsp3) is 0.226. The summed E-state index contributed by atoms with van der Waals surface area (Å²) in [5.41, 5.74) is 0.896. The molecule has 0 amide bonds. The Morgan fingerprint density at radius 3 is 1.26 bits per heavy atom. The van der Waals surface area contributed by atoms with E-state index < -0.39 is 20.4 Å². The molecule has 0 fully saturated rings. The van der Waals surface area contributed by atoms with E-state index in [0.29, 0.717) is 26.2 Å². The van der Waals surface area contributed by atoms with Gasteiger partial charge >= 0.3 is 10.1 Å². The normalized spacial score (nSPS) is 11.9. The molecule has 4 aromatic carbocycles. The van der Waals surface area contributed by atoms with Gasteiger partial charge in [-0.05, 0) is 41.5 Å². The van der Waals surface area contributed by atoms with Gasteiger partial charge in [0.1, 0.15) is 44.3 Å². The molecule has 11 heteroatoms. The van der Waals surface area contributed by atoms with Crippen LogP contribution in [-0.2, 0) is 13.7 Å². The Hall–Kier alpha value is -4.06. The molecule has 0 heterocycles. The topological polar surface area (TPSA) is 98.8 Å². The van der Waals surface area contributed by atoms with E-state index in [2.05, 4.69) is 0 Å². The second-order valence-corrected chi connectivity index (χ2v) is 13.3. The zero-order valence-corrected chi connectivity index (χ0v) is 26.1. The Morgan fingerprint density at radius 1 is 0.500 bits per heavy atom. The van der Waals surface area contributed by atoms with Crippen molar-refractivity contribution in [3.63, 3.8) is 0 Å². The summed E-state index contributed by atoms with van der Waals surface area (Å²) >= 11 is 0. The molecule has 0 aliphatic heterocycles. The van der Waals surface area contributed by atoms with Crippen LogP contribution in [0.15, 0.2) is 98.4 Å². The molecule has 0 unspecified atom stereocenters. The van der Waals surface area contributed by atoms with E-state index in [0.717, 1.165) is 5.56 Å². The maximum atomic E-state index is 14.3. The largest absolute Gasteiger partial charge is 0.496 e. The van der Waals surface area contributed by atoms with Crippen molar-refractivity contribution < 1.29 is 40.5 Å². The van der Waals surface area contributed by atoms with Crippen LogP contribution < -0.4 is 28.4 Å². The molecule has 0 saturated heterocycles. The number of hydrogen-bond donors (Lipinski definition) is 0. The molecule has 42 heavy (non-hydrogen) atoms. The number of methoxy groups -OCH3 is 6. The highest BCUT2D eigenvalue weighted by atomic mass is 32.3. The molecule has 0 N–H and O–H groups in total. The summed E-state index contributed by atoms with van der Waals surface area (Å²) in [6.07, 6.45) is 0. The van der Waals surface area contributed by atoms with Crippen molar-refractivity contribution in [1.29, 1.82) is 0 Å². The number of rotatable bonds is 12. The predicted octanol–water partition coefficient (Wildman–Crippen LogP) is 6.65. The van der Waals surface area contributed by atoms with Crippen LogP contribution >= 0.6 is 10.3 Å². The zero-order chi connectivity index (χ0) is 30.5. The van der Waals surface area contributed by atoms with Gasteiger partial charge in [0, 0.05) is 29.2 Å². The van der Waals surface area contributed by atoms with Crippen LogP contribution in [0.2, 0.25) is 0 Å². The number of benzene rings is 4. The number of aryl methyl sites for hydroxylation is 1. The van der Waals surface area contributed by atoms with Gasteiger partial charge in [0.05, 0.1) is 47.6 Å². The fourth-order valence-electron chi connectivity index (χ4n) is 4.45. The minimum absolute atomic E-state index is 0.0289. The van der Waals surface area contributed by atoms with Crippen molar-refractivity contribution in [3.8, 4) is 34.5 Å². The summed E-state index contributed by atoms with van der Waals surface area (Å²) in [6, 6.07) is 22.0. The maximum Gasteiger partial charge on any atom is 0.307 e. The van der Waals surface area contributed by atoms with Gasteiger partial charge in [-0.2, -0.15) is 8.42 Å². The average Bonchev–Trinajstić information content (AvgIpc) is 3.02. The highest BCUT2D eigenvalue weighted by Crippen LogP contribution is 2.78. The maximum absolute atomic E-state index is 14.3. The molecule has 0 aliphatic rings. The van der Waals surface area contributed by atoms with Crippen molar-refractivity contribution in [2.24, 2.45) is 0 Å². The van der Waals surface area contributed by atoms with Crippen molar-refractivity contribution >= 4 is 20.4 Å². The molecule has 0 radical (unpaired) electrons. The molecule has 0 atom stereocenters. The predicted molar refractivity (Wildman–Crippen MR) is 160 cm³/mol. The first-order chi connectivity index (χ1) is 20.2. The quantitative estimate of drug-likeness (QED) is 0.174. The second kappa shape index (κ2) is 12.8. The van der Waals surface area contributed by atoms with Crippen molar-refractivity contribution in [1.82, 2.24) is 0 Å². The lowest BCUT2D eigenvalue weighted by atomic mass is 10.2. The average molecular weight is 615 g/mol. The molecule has 0 saturated carbocycles. The van der Waals surface area contributed by atoms with E-state index in [9.17, 15) is 8.42 Å². The van der Waals surface area contributed by atoms with E-state index >= 15 is 0 Å². The standard InChI is InChI=1S/C31H34O9S2/c1-21-13-15-25(16-14-21)42(32,33)40-41(24-11-9-8-10-12-24,30-26(36-4)17-22(34-2)18-27(30)37-5)31-28(38-6)19-23(35-3)20-29(31)39-7/h8-20H,1-7H3. The third-order valence-electron chi connectivity index (χ3n) is 6.49. The molecule has 0 bridgehead atoms. The lowest BCUT2D eigenvalue weighted by Crippen LogP contribution is -2.17. The van der Waals surface area contributed by atoms with Gasteiger partial charge in [0.25, 0.3) is 0 Å². The van der Waals surface area contributed by atoms with Crippen LogP contribution in [0, 0.1) is 6.92 Å². The first-order valence-corrected chi connectivity index (χ1v) is 15.7. The van der Waals surface area contributed by atoms with Crippen molar-refractivity contribution in [2.75, 3.05) is 42.7 Å². The summed E-state index contributed by atoms with van der Waals surface area (Å²) in [5.74, 6) is 1.94. The van der Waals surface area contributed by atoms with E-state index in [1.165, 1.54) is 54.8 Å². The molecule has 4 aromatic rings. The summed E-state index contributed by atoms with van der Waals surface area (Å²) in [6.45, 7) is 1.87. The van der Waals surface area contributed by atoms with Gasteiger partial charge in [0.15, 0.2) is 0 Å². The summed E-state index contributed by atoms with van der Waals surface area (Å²) in [7, 11) is 1.10. The Labute approximate surface area is 248 Å². The number of ether oxygens (including phenoxy) is 6. The monoisotopic (exact) mass is 614 g/mol. The van der Waals surface area contributed by atoms with Crippen molar-refractivity contribution in [3.05, 3.63) is 84.4 Å². The third kappa shape index (κ3) is 5.67. The zero-order valence-electron chi connectivity index (χ0n) is 24.5. The fourth-order valence-corrected chi connectivity index (χ4v) is 10.1. The molecule has 4 rings (SSSR count). The highest BCUT2D eigenvalue weighted by molar-refractivity contribution is 8.33. The summed E-state index contributed by atoms with van der Waals surface area (Å²) < 4.78 is 69.8. The molecule has 0 aromatic heterocycles.